The molecule has 116 valence electrons. The summed E-state index contributed by atoms with van der Waals surface area (Å²) in [4.78, 5) is 24.5. The number of methoxy groups -OCH3 is 3. The predicted octanol–water partition coefficient (Wildman–Crippen LogP) is 2.47. The van der Waals surface area contributed by atoms with E-state index >= 15 is 0 Å². The zero-order chi connectivity index (χ0) is 16.1. The average molecular weight is 320 g/mol. The van der Waals surface area contributed by atoms with Gasteiger partial charge in [-0.1, -0.05) is 12.1 Å². The molecule has 0 aliphatic heterocycles. The quantitative estimate of drug-likeness (QED) is 0.750. The van der Waals surface area contributed by atoms with Gasteiger partial charge in [-0.05, 0) is 17.7 Å². The molecule has 0 unspecified atom stereocenters. The van der Waals surface area contributed by atoms with Gasteiger partial charge in [0.25, 0.3) is 0 Å². The van der Waals surface area contributed by atoms with E-state index in [4.69, 9.17) is 14.2 Å². The van der Waals surface area contributed by atoms with Gasteiger partial charge in [-0.25, -0.2) is 0 Å². The van der Waals surface area contributed by atoms with Crippen LogP contribution in [0.15, 0.2) is 46.8 Å². The number of ketones is 2. The Hall–Kier alpha value is -2.21. The molecule has 0 radical (unpaired) electrons. The van der Waals surface area contributed by atoms with Crippen molar-refractivity contribution in [3.8, 4) is 5.75 Å². The Kier molecular flexibility index (Phi) is 5.27. The molecule has 0 amide bonds. The minimum Gasteiger partial charge on any atom is -0.497 e. The Morgan fingerprint density at radius 3 is 2.09 bits per heavy atom. The molecular formula is C16H16O5S. The summed E-state index contributed by atoms with van der Waals surface area (Å²) >= 11 is 1.29. The van der Waals surface area contributed by atoms with Gasteiger partial charge in [0.1, 0.15) is 5.75 Å². The number of benzene rings is 1. The van der Waals surface area contributed by atoms with E-state index in [1.807, 2.05) is 24.3 Å². The lowest BCUT2D eigenvalue weighted by molar-refractivity contribution is -0.119. The van der Waals surface area contributed by atoms with Crippen molar-refractivity contribution in [1.29, 1.82) is 0 Å². The molecule has 0 bridgehead atoms. The monoisotopic (exact) mass is 320 g/mol. The van der Waals surface area contributed by atoms with Crippen LogP contribution in [0.3, 0.4) is 0 Å². The van der Waals surface area contributed by atoms with Crippen LogP contribution in [0.4, 0.5) is 0 Å². The van der Waals surface area contributed by atoms with Crippen molar-refractivity contribution in [1.82, 2.24) is 0 Å². The van der Waals surface area contributed by atoms with Gasteiger partial charge < -0.3 is 14.2 Å². The van der Waals surface area contributed by atoms with Crippen LogP contribution in [0.1, 0.15) is 5.56 Å². The minimum absolute atomic E-state index is 0.0489. The van der Waals surface area contributed by atoms with Crippen molar-refractivity contribution in [3.63, 3.8) is 0 Å². The van der Waals surface area contributed by atoms with Crippen molar-refractivity contribution in [2.75, 3.05) is 21.3 Å². The Bertz CT molecular complexity index is 643. The molecule has 1 aliphatic carbocycles. The third-order valence-corrected chi connectivity index (χ3v) is 4.18. The maximum absolute atomic E-state index is 12.3. The molecule has 1 aliphatic rings. The third kappa shape index (κ3) is 3.33. The van der Waals surface area contributed by atoms with Gasteiger partial charge in [-0.2, -0.15) is 0 Å². The molecule has 0 spiro atoms. The van der Waals surface area contributed by atoms with E-state index in [1.165, 1.54) is 32.1 Å². The second-order valence-electron chi connectivity index (χ2n) is 4.41. The molecule has 6 heteroatoms. The highest BCUT2D eigenvalue weighted by molar-refractivity contribution is 8.03. The highest BCUT2D eigenvalue weighted by Crippen LogP contribution is 2.30. The number of Topliss-reactive ketones (excluding diaryl/α,β-unsaturated/α-hetero) is 1. The number of carbonyl (C=O) groups is 2. The first-order valence-corrected chi connectivity index (χ1v) is 7.48. The van der Waals surface area contributed by atoms with Crippen molar-refractivity contribution in [2.24, 2.45) is 0 Å². The molecule has 0 N–H and O–H groups in total. The van der Waals surface area contributed by atoms with Crippen LogP contribution in [0, 0.1) is 0 Å². The number of hydrogen-bond acceptors (Lipinski definition) is 6. The smallest absolute Gasteiger partial charge is 0.238 e. The van der Waals surface area contributed by atoms with Crippen molar-refractivity contribution in [2.45, 2.75) is 5.75 Å². The molecule has 2 rings (SSSR count). The summed E-state index contributed by atoms with van der Waals surface area (Å²) in [6, 6.07) is 7.52. The van der Waals surface area contributed by atoms with Crippen molar-refractivity contribution in [3.05, 3.63) is 52.3 Å². The van der Waals surface area contributed by atoms with Gasteiger partial charge in [0.2, 0.25) is 23.1 Å². The molecule has 0 fully saturated rings. The maximum Gasteiger partial charge on any atom is 0.238 e. The summed E-state index contributed by atoms with van der Waals surface area (Å²) in [5.41, 5.74) is 1.02. The van der Waals surface area contributed by atoms with E-state index in [-0.39, 0.29) is 23.1 Å². The van der Waals surface area contributed by atoms with Crippen LogP contribution >= 0.6 is 11.8 Å². The van der Waals surface area contributed by atoms with Crippen LogP contribution < -0.4 is 4.74 Å². The van der Waals surface area contributed by atoms with Gasteiger partial charge in [-0.15, -0.1) is 11.8 Å². The van der Waals surface area contributed by atoms with Crippen LogP contribution in [0.25, 0.3) is 0 Å². The fourth-order valence-corrected chi connectivity index (χ4v) is 2.87. The highest BCUT2D eigenvalue weighted by Gasteiger charge is 2.30. The Morgan fingerprint density at radius 2 is 1.55 bits per heavy atom. The minimum atomic E-state index is -0.365. The summed E-state index contributed by atoms with van der Waals surface area (Å²) in [6.45, 7) is 0. The Morgan fingerprint density at radius 1 is 0.909 bits per heavy atom. The zero-order valence-electron chi connectivity index (χ0n) is 12.5. The standard InChI is InChI=1S/C16H16O5S/c1-19-11-6-4-10(5-7-11)9-22-13-8-12(17)15(20-2)16(21-3)14(13)18/h4-8H,9H2,1-3H3. The molecule has 1 aromatic carbocycles. The number of rotatable bonds is 6. The summed E-state index contributed by atoms with van der Waals surface area (Å²) in [5, 5.41) is 0. The molecule has 1 aromatic rings. The number of hydrogen-bond donors (Lipinski definition) is 0. The number of carbonyl (C=O) groups excluding carboxylic acids is 2. The lowest BCUT2D eigenvalue weighted by Gasteiger charge is -2.16. The van der Waals surface area contributed by atoms with E-state index in [0.29, 0.717) is 10.7 Å². The second kappa shape index (κ2) is 7.17. The average Bonchev–Trinajstić information content (AvgIpc) is 2.55. The van der Waals surface area contributed by atoms with Crippen LogP contribution in [0.2, 0.25) is 0 Å². The lowest BCUT2D eigenvalue weighted by atomic mass is 10.1. The summed E-state index contributed by atoms with van der Waals surface area (Å²) in [7, 11) is 4.28. The first-order valence-electron chi connectivity index (χ1n) is 6.49. The fraction of sp³-hybridized carbons (Fsp3) is 0.250. The molecule has 0 aromatic heterocycles. The normalized spacial score (nSPS) is 14.8. The van der Waals surface area contributed by atoms with E-state index < -0.39 is 0 Å². The molecule has 0 atom stereocenters. The van der Waals surface area contributed by atoms with Crippen LogP contribution in [-0.4, -0.2) is 32.9 Å². The van der Waals surface area contributed by atoms with Crippen LogP contribution in [0.5, 0.6) is 5.75 Å². The topological polar surface area (TPSA) is 61.8 Å². The van der Waals surface area contributed by atoms with Gasteiger partial charge in [-0.3, -0.25) is 9.59 Å². The highest BCUT2D eigenvalue weighted by atomic mass is 32.2. The van der Waals surface area contributed by atoms with Gasteiger partial charge in [0.05, 0.1) is 26.2 Å². The number of thioether (sulfide) groups is 1. The molecular weight excluding hydrogens is 304 g/mol. The lowest BCUT2D eigenvalue weighted by Crippen LogP contribution is -2.20. The maximum atomic E-state index is 12.3. The van der Waals surface area contributed by atoms with Gasteiger partial charge in [0, 0.05) is 11.8 Å². The number of allylic oxidation sites excluding steroid dienone is 2. The SMILES string of the molecule is COC1=C(OC)C(=O)C(SCc2ccc(OC)cc2)=CC1=O. The van der Waals surface area contributed by atoms with Crippen LogP contribution in [-0.2, 0) is 24.8 Å². The summed E-state index contributed by atoms with van der Waals surface area (Å²) < 4.78 is 15.0. The molecule has 0 saturated heterocycles. The van der Waals surface area contributed by atoms with Gasteiger partial charge in [0.15, 0.2) is 0 Å². The fourth-order valence-electron chi connectivity index (χ4n) is 1.95. The van der Waals surface area contributed by atoms with E-state index in [9.17, 15) is 9.59 Å². The largest absolute Gasteiger partial charge is 0.497 e. The van der Waals surface area contributed by atoms with E-state index in [0.717, 1.165) is 11.3 Å². The first-order chi connectivity index (χ1) is 10.6. The molecule has 5 nitrogen and oxygen atoms in total. The molecule has 0 heterocycles. The molecule has 22 heavy (non-hydrogen) atoms. The van der Waals surface area contributed by atoms with Crippen molar-refractivity contribution >= 4 is 23.3 Å². The second-order valence-corrected chi connectivity index (χ2v) is 5.42. The van der Waals surface area contributed by atoms with E-state index in [2.05, 4.69) is 0 Å². The first kappa shape index (κ1) is 16.2. The summed E-state index contributed by atoms with van der Waals surface area (Å²) in [6.07, 6.45) is 1.29. The van der Waals surface area contributed by atoms with E-state index in [1.54, 1.807) is 7.11 Å². The number of ether oxygens (including phenoxy) is 3. The van der Waals surface area contributed by atoms with Crippen molar-refractivity contribution < 1.29 is 23.8 Å². The summed E-state index contributed by atoms with van der Waals surface area (Å²) in [5.74, 6) is 0.530. The zero-order valence-corrected chi connectivity index (χ0v) is 13.4. The van der Waals surface area contributed by atoms with Gasteiger partial charge >= 0.3 is 0 Å². The Balaban J connectivity index is 2.10. The third-order valence-electron chi connectivity index (χ3n) is 3.08. The predicted molar refractivity (Wildman–Crippen MR) is 83.4 cm³/mol. The Labute approximate surface area is 132 Å². The molecule has 0 saturated carbocycles.